The molecule has 636 valence electrons. The number of anilines is 6. The number of aromatic nitrogens is 7. The number of benzene rings is 4. The number of carbonyl (C=O) groups is 2. The normalized spacial score (nSPS) is 23.1. The highest BCUT2D eigenvalue weighted by Crippen LogP contribution is 2.44. The van der Waals surface area contributed by atoms with Crippen molar-refractivity contribution >= 4 is 73.5 Å². The topological polar surface area (TPSA) is 283 Å². The second kappa shape index (κ2) is 35.8. The Hall–Kier alpha value is -12.0. The Labute approximate surface area is 718 Å². The molecule has 9 aliphatic rings. The van der Waals surface area contributed by atoms with E-state index in [9.17, 15) is 30.5 Å². The smallest absolute Gasteiger partial charge is 0.318 e. The number of hydrogen-bond donors (Lipinski definition) is 1. The summed E-state index contributed by atoms with van der Waals surface area (Å²) in [6.45, 7) is 24.5. The molecule has 6 saturated heterocycles. The zero-order valence-electron chi connectivity index (χ0n) is 70.6. The number of morpholine rings is 1. The van der Waals surface area contributed by atoms with Gasteiger partial charge in [-0.25, -0.2) is 0 Å². The van der Waals surface area contributed by atoms with Crippen molar-refractivity contribution in [2.45, 2.75) is 125 Å². The molecule has 0 aliphatic carbocycles. The first kappa shape index (κ1) is 82.0. The number of pyridine rings is 1. The number of nitriles is 3. The molecule has 1 N–H and O–H groups in total. The average Bonchev–Trinajstić information content (AvgIpc) is 1.51. The number of likely N-dealkylation sites (N-methyl/N-ethyl adjacent to an activating group) is 3. The summed E-state index contributed by atoms with van der Waals surface area (Å²) < 4.78 is 28.7. The zero-order chi connectivity index (χ0) is 84.5. The Bertz CT molecular complexity index is 5620. The fourth-order valence-corrected chi connectivity index (χ4v) is 20.6. The van der Waals surface area contributed by atoms with Gasteiger partial charge in [-0.3, -0.25) is 24.3 Å². The number of piperazine rings is 3. The molecule has 0 radical (unpaired) electrons. The van der Waals surface area contributed by atoms with Gasteiger partial charge in [0.05, 0.1) is 92.9 Å². The van der Waals surface area contributed by atoms with Crippen molar-refractivity contribution in [2.75, 3.05) is 182 Å². The van der Waals surface area contributed by atoms with Crippen molar-refractivity contribution in [3.8, 4) is 36.2 Å². The fraction of sp³-hybridized carbons (Fsp3) is 0.457. The van der Waals surface area contributed by atoms with E-state index in [4.69, 9.17) is 48.9 Å². The summed E-state index contributed by atoms with van der Waals surface area (Å²) in [5, 5.41) is 45.8. The highest BCUT2D eigenvalue weighted by Gasteiger charge is 2.41. The highest BCUT2D eigenvalue weighted by molar-refractivity contribution is 5.97. The predicted octanol–water partition coefficient (Wildman–Crippen LogP) is 8.89. The van der Waals surface area contributed by atoms with Crippen LogP contribution < -0.4 is 43.6 Å². The molecule has 123 heavy (non-hydrogen) atoms. The van der Waals surface area contributed by atoms with E-state index >= 15 is 0 Å². The minimum atomic E-state index is -0.860. The van der Waals surface area contributed by atoms with Crippen LogP contribution in [0.25, 0.3) is 27.1 Å². The number of fused-ring (bicyclic) bond motifs is 6. The first-order valence-corrected chi connectivity index (χ1v) is 43.5. The summed E-state index contributed by atoms with van der Waals surface area (Å²) in [6.07, 6.45) is 9.67. The molecule has 0 bridgehead atoms. The molecule has 4 aromatic carbocycles. The van der Waals surface area contributed by atoms with E-state index in [1.54, 1.807) is 9.80 Å². The van der Waals surface area contributed by atoms with Crippen molar-refractivity contribution < 1.29 is 33.6 Å². The Morgan fingerprint density at radius 3 is 1.61 bits per heavy atom. The Balaban J connectivity index is 0.584. The number of ether oxygens (including phenoxy) is 4. The van der Waals surface area contributed by atoms with E-state index in [-0.39, 0.29) is 85.2 Å². The number of amides is 2. The van der Waals surface area contributed by atoms with Gasteiger partial charge < -0.3 is 72.6 Å². The molecular weight excluding hydrogens is 1550 g/mol. The van der Waals surface area contributed by atoms with Gasteiger partial charge >= 0.3 is 18.0 Å². The summed E-state index contributed by atoms with van der Waals surface area (Å²) >= 11 is 0. The van der Waals surface area contributed by atoms with Crippen LogP contribution in [0.15, 0.2) is 147 Å². The maximum atomic E-state index is 13.3. The van der Waals surface area contributed by atoms with Crippen LogP contribution >= 0.6 is 0 Å². The minimum absolute atomic E-state index is 0.0293. The van der Waals surface area contributed by atoms with Crippen molar-refractivity contribution in [3.05, 3.63) is 192 Å². The molecule has 2 amide bonds. The molecule has 5 aromatic heterocycles. The van der Waals surface area contributed by atoms with Crippen LogP contribution in [0.4, 0.5) is 34.6 Å². The first-order chi connectivity index (χ1) is 60.1. The lowest BCUT2D eigenvalue weighted by Crippen LogP contribution is -2.56. The molecule has 0 saturated carbocycles. The van der Waals surface area contributed by atoms with E-state index in [0.717, 1.165) is 138 Å². The fourth-order valence-electron chi connectivity index (χ4n) is 20.6. The second-order valence-corrected chi connectivity index (χ2v) is 34.4. The van der Waals surface area contributed by atoms with Crippen LogP contribution in [0.2, 0.25) is 0 Å². The summed E-state index contributed by atoms with van der Waals surface area (Å²) in [6, 6.07) is 44.4. The van der Waals surface area contributed by atoms with Gasteiger partial charge in [0, 0.05) is 173 Å². The molecule has 18 rings (SSSR count). The van der Waals surface area contributed by atoms with Crippen LogP contribution in [-0.2, 0) is 53.2 Å². The van der Waals surface area contributed by atoms with E-state index in [1.165, 1.54) is 45.5 Å². The largest absolute Gasteiger partial charge is 0.462 e. The van der Waals surface area contributed by atoms with Crippen molar-refractivity contribution in [1.29, 1.82) is 15.8 Å². The Kier molecular flexibility index (Phi) is 23.9. The number of aliphatic hydroxyl groups is 1. The van der Waals surface area contributed by atoms with Gasteiger partial charge in [-0.05, 0) is 142 Å². The third kappa shape index (κ3) is 16.7. The third-order valence-electron chi connectivity index (χ3n) is 27.1. The average molecular weight is 1660 g/mol. The summed E-state index contributed by atoms with van der Waals surface area (Å²) in [4.78, 5) is 84.3. The Morgan fingerprint density at radius 1 is 0.512 bits per heavy atom. The molecule has 9 atom stereocenters. The second-order valence-electron chi connectivity index (χ2n) is 34.4. The maximum absolute atomic E-state index is 13.3. The maximum Gasteiger partial charge on any atom is 0.318 e. The summed E-state index contributed by atoms with van der Waals surface area (Å²) in [5.74, 6) is 3.45. The molecule has 29 heteroatoms. The van der Waals surface area contributed by atoms with Crippen molar-refractivity contribution in [2.24, 2.45) is 0 Å². The molecule has 9 aliphatic heterocycles. The predicted molar refractivity (Wildman–Crippen MR) is 472 cm³/mol. The summed E-state index contributed by atoms with van der Waals surface area (Å²) in [5.41, 5.74) is 11.8. The molecule has 4 unspecified atom stereocenters. The summed E-state index contributed by atoms with van der Waals surface area (Å²) in [7, 11) is 6.44. The van der Waals surface area contributed by atoms with Crippen molar-refractivity contribution in [1.82, 2.24) is 63.7 Å². The van der Waals surface area contributed by atoms with E-state index in [1.807, 2.05) is 4.90 Å². The monoisotopic (exact) mass is 1660 g/mol. The minimum Gasteiger partial charge on any atom is -0.462 e. The van der Waals surface area contributed by atoms with Crippen LogP contribution in [0, 0.1) is 34.0 Å². The van der Waals surface area contributed by atoms with E-state index in [0.29, 0.717) is 136 Å². The van der Waals surface area contributed by atoms with Gasteiger partial charge in [0.15, 0.2) is 0 Å². The van der Waals surface area contributed by atoms with Gasteiger partial charge in [-0.1, -0.05) is 86.5 Å². The molecular formula is C94H108N22O7. The van der Waals surface area contributed by atoms with Crippen LogP contribution in [-0.4, -0.2) is 275 Å². The van der Waals surface area contributed by atoms with Crippen LogP contribution in [0.5, 0.6) is 18.0 Å². The van der Waals surface area contributed by atoms with Crippen LogP contribution in [0.3, 0.4) is 0 Å². The van der Waals surface area contributed by atoms with Crippen LogP contribution in [0.1, 0.15) is 88.8 Å². The van der Waals surface area contributed by atoms with Gasteiger partial charge in [0.25, 0.3) is 0 Å². The first-order valence-electron chi connectivity index (χ1n) is 43.5. The van der Waals surface area contributed by atoms with Gasteiger partial charge in [0.1, 0.15) is 55.4 Å². The van der Waals surface area contributed by atoms with E-state index in [2.05, 4.69) is 217 Å². The lowest BCUT2D eigenvalue weighted by Gasteiger charge is -2.43. The van der Waals surface area contributed by atoms with Crippen molar-refractivity contribution in [3.63, 3.8) is 0 Å². The number of aliphatic hydroxyl groups excluding tert-OH is 1. The Morgan fingerprint density at radius 2 is 1.02 bits per heavy atom. The van der Waals surface area contributed by atoms with Gasteiger partial charge in [-0.15, -0.1) is 0 Å². The molecule has 14 heterocycles. The number of hydrogen-bond acceptors (Lipinski definition) is 26. The number of likely N-dealkylation sites (tertiary alicyclic amines) is 2. The number of carbonyl (C=O) groups excluding carboxylic acids is 2. The standard InChI is InChI=1S/C94H108N22O7/c1-7-86(117)114-41-38-110(52-67(114)25-31-95)89-77-28-35-107(83-22-14-17-62-16-10-11-19-74(62)83)56-80(77)98-92(101-89)121-59-70-47-64(50-105(70)5)63-46-66-18-15-34-113(66)85(49-63)109-37-30-79-82(58-109)100-93(102-91(79)112-40-43-116(88(119)9-3)69(54-112)27-33-97)122-60-71-48-65(51-106(71)6)73-23-24-84(76-21-13-12-20-75(73)76)108-36-29-78-81(57-108)99-94(123-61-72-55-104(4)44-45-120-72)103-90(78)111-39-42-115(87(118)8-2)68(53-111)26-32-96/h7-24,34,46,49,64-65,67-72,86,117H,1-3,25-30,35-45,47-48,50-61H2,4-6H3/t64?,65?,67-,68?,69-,70+,71-,72+,86?/m0/s1. The number of nitrogens with zero attached hydrogens (tertiary/aromatic N) is 22. The van der Waals surface area contributed by atoms with E-state index < -0.39 is 6.23 Å². The van der Waals surface area contributed by atoms with Gasteiger partial charge in [-0.2, -0.15) is 45.7 Å². The van der Waals surface area contributed by atoms with Gasteiger partial charge in [0.2, 0.25) is 11.8 Å². The quantitative estimate of drug-likeness (QED) is 0.0436. The zero-order valence-corrected chi connectivity index (χ0v) is 70.6. The molecule has 9 aromatic rings. The number of rotatable bonds is 24. The third-order valence-corrected chi connectivity index (χ3v) is 27.1. The molecule has 29 nitrogen and oxygen atoms in total. The highest BCUT2D eigenvalue weighted by atomic mass is 16.5. The molecule has 0 spiro atoms. The molecule has 6 fully saturated rings. The SMILES string of the molecule is C=CC(=O)N1CCN(c2nc(OC[C@H]3CN(C)CCO3)nc3c2CCN(c2ccc(C4C[C@@H](COc5nc6c(c(N7CCN(C(=O)C=C)[C@@H](CC#N)C7)n5)CCN(c5cc(C7C[C@H](COc8nc9c(c(N%10CCN(C(O)C=C)[C@@H](CC#N)C%10)n8)CCN(c8cccc%10ccccc8%10)C9)N(C)C7)cc7cccn57)C6)N(C)C4)c4ccccc24)C3)CC1CC#N. The lowest BCUT2D eigenvalue weighted by molar-refractivity contribution is -0.129. The lowest BCUT2D eigenvalue weighted by atomic mass is 9.90.